The van der Waals surface area contributed by atoms with Crippen LogP contribution < -0.4 is 5.32 Å². The van der Waals surface area contributed by atoms with Gasteiger partial charge in [-0.25, -0.2) is 8.42 Å². The maximum absolute atomic E-state index is 13.3. The summed E-state index contributed by atoms with van der Waals surface area (Å²) in [5, 5.41) is 3.77. The maximum Gasteiger partial charge on any atom is 0.255 e. The van der Waals surface area contributed by atoms with Crippen LogP contribution in [0.4, 0.5) is 5.69 Å². The van der Waals surface area contributed by atoms with E-state index in [9.17, 15) is 13.2 Å². The van der Waals surface area contributed by atoms with Crippen molar-refractivity contribution < 1.29 is 13.2 Å². The van der Waals surface area contributed by atoms with Crippen molar-refractivity contribution in [2.24, 2.45) is 0 Å². The van der Waals surface area contributed by atoms with Gasteiger partial charge in [-0.15, -0.1) is 0 Å². The Labute approximate surface area is 205 Å². The molecule has 0 unspecified atom stereocenters. The van der Waals surface area contributed by atoms with E-state index in [2.05, 4.69) is 27.3 Å². The van der Waals surface area contributed by atoms with Crippen LogP contribution in [0, 0.1) is 0 Å². The minimum atomic E-state index is -3.70. The van der Waals surface area contributed by atoms with Crippen molar-refractivity contribution in [1.82, 2.24) is 14.2 Å². The number of fused-ring (bicyclic) bond motifs is 1. The molecule has 1 saturated heterocycles. The van der Waals surface area contributed by atoms with E-state index in [1.165, 1.54) is 15.9 Å². The molecule has 0 bridgehead atoms. The minimum absolute atomic E-state index is 0.129. The number of piperazine rings is 1. The number of benzene rings is 3. The average molecular weight is 487 g/mol. The number of nitrogens with one attached hydrogen (secondary N) is 1. The van der Waals surface area contributed by atoms with E-state index in [4.69, 9.17) is 0 Å². The number of nitrogens with zero attached hydrogens (tertiary/aromatic N) is 3. The van der Waals surface area contributed by atoms with Gasteiger partial charge in [0, 0.05) is 55.6 Å². The summed E-state index contributed by atoms with van der Waals surface area (Å²) >= 11 is 0. The second kappa shape index (κ2) is 9.95. The van der Waals surface area contributed by atoms with Crippen molar-refractivity contribution in [3.63, 3.8) is 0 Å². The molecule has 178 valence electrons. The lowest BCUT2D eigenvalue weighted by molar-refractivity contribution is 0.102. The number of aromatic nitrogens is 1. The quantitative estimate of drug-likeness (QED) is 0.446. The molecule has 0 saturated carbocycles. The first-order chi connectivity index (χ1) is 17.0. The first kappa shape index (κ1) is 23.2. The lowest BCUT2D eigenvalue weighted by atomic mass is 10.1. The molecule has 8 heteroatoms. The average Bonchev–Trinajstić information content (AvgIpc) is 2.89. The van der Waals surface area contributed by atoms with Crippen LogP contribution in [-0.2, 0) is 16.6 Å². The van der Waals surface area contributed by atoms with Crippen LogP contribution in [0.15, 0.2) is 96.0 Å². The highest BCUT2D eigenvalue weighted by Crippen LogP contribution is 2.21. The monoisotopic (exact) mass is 486 g/mol. The highest BCUT2D eigenvalue weighted by molar-refractivity contribution is 7.89. The van der Waals surface area contributed by atoms with Gasteiger partial charge in [-0.05, 0) is 48.0 Å². The van der Waals surface area contributed by atoms with Crippen LogP contribution in [-0.4, -0.2) is 54.7 Å². The molecule has 0 aliphatic carbocycles. The van der Waals surface area contributed by atoms with Crippen molar-refractivity contribution in [1.29, 1.82) is 0 Å². The van der Waals surface area contributed by atoms with E-state index in [-0.39, 0.29) is 10.8 Å². The summed E-state index contributed by atoms with van der Waals surface area (Å²) in [5.74, 6) is -0.363. The highest BCUT2D eigenvalue weighted by Gasteiger charge is 2.29. The normalized spacial score (nSPS) is 15.2. The van der Waals surface area contributed by atoms with Gasteiger partial charge in [-0.1, -0.05) is 42.5 Å². The van der Waals surface area contributed by atoms with Crippen molar-refractivity contribution >= 4 is 32.5 Å². The van der Waals surface area contributed by atoms with Gasteiger partial charge in [0.1, 0.15) is 0 Å². The second-order valence-electron chi connectivity index (χ2n) is 8.56. The number of carbonyl (C=O) groups excluding carboxylic acids is 1. The molecule has 0 radical (unpaired) electrons. The van der Waals surface area contributed by atoms with Crippen LogP contribution in [0.1, 0.15) is 15.9 Å². The van der Waals surface area contributed by atoms with Crippen molar-refractivity contribution in [2.45, 2.75) is 11.4 Å². The number of rotatable bonds is 6. The molecule has 5 rings (SSSR count). The Morgan fingerprint density at radius 2 is 1.66 bits per heavy atom. The number of carbonyl (C=O) groups is 1. The van der Waals surface area contributed by atoms with Crippen LogP contribution in [0.25, 0.3) is 10.9 Å². The van der Waals surface area contributed by atoms with Crippen molar-refractivity contribution in [2.75, 3.05) is 31.5 Å². The van der Waals surface area contributed by atoms with Crippen LogP contribution in [0.2, 0.25) is 0 Å². The molecule has 1 fully saturated rings. The first-order valence-electron chi connectivity index (χ1n) is 11.5. The van der Waals surface area contributed by atoms with E-state index in [1.54, 1.807) is 30.5 Å². The molecule has 1 amide bonds. The standard InChI is InChI=1S/C27H26N4O3S/c32-27(29-24-11-12-26-22(18-24)9-5-13-28-26)23-8-4-10-25(19-23)35(33,34)31-16-14-30(15-17-31)20-21-6-2-1-3-7-21/h1-13,18-19H,14-17,20H2,(H,29,32). The van der Waals surface area contributed by atoms with Crippen molar-refractivity contribution in [3.05, 3.63) is 102 Å². The number of hydrogen-bond donors (Lipinski definition) is 1. The Morgan fingerprint density at radius 3 is 2.46 bits per heavy atom. The number of pyridine rings is 1. The highest BCUT2D eigenvalue weighted by atomic mass is 32.2. The molecule has 2 heterocycles. The molecular weight excluding hydrogens is 460 g/mol. The largest absolute Gasteiger partial charge is 0.322 e. The van der Waals surface area contributed by atoms with E-state index in [0.29, 0.717) is 37.4 Å². The Kier molecular flexibility index (Phi) is 6.59. The summed E-state index contributed by atoms with van der Waals surface area (Å²) in [7, 11) is -3.70. The molecule has 1 N–H and O–H groups in total. The number of hydrogen-bond acceptors (Lipinski definition) is 5. The second-order valence-corrected chi connectivity index (χ2v) is 10.5. The van der Waals surface area contributed by atoms with Crippen LogP contribution in [0.3, 0.4) is 0 Å². The van der Waals surface area contributed by atoms with E-state index >= 15 is 0 Å². The third-order valence-electron chi connectivity index (χ3n) is 6.18. The van der Waals surface area contributed by atoms with Crippen LogP contribution in [0.5, 0.6) is 0 Å². The summed E-state index contributed by atoms with van der Waals surface area (Å²) in [4.78, 5) is 19.5. The fourth-order valence-electron chi connectivity index (χ4n) is 4.27. The summed E-state index contributed by atoms with van der Waals surface area (Å²) < 4.78 is 28.1. The van der Waals surface area contributed by atoms with Gasteiger partial charge in [-0.3, -0.25) is 14.7 Å². The van der Waals surface area contributed by atoms with Gasteiger partial charge in [-0.2, -0.15) is 4.31 Å². The number of amides is 1. The zero-order valence-corrected chi connectivity index (χ0v) is 20.0. The number of anilines is 1. The fraction of sp³-hybridized carbons (Fsp3) is 0.185. The third-order valence-corrected chi connectivity index (χ3v) is 8.07. The molecule has 0 atom stereocenters. The lowest BCUT2D eigenvalue weighted by Crippen LogP contribution is -2.48. The molecule has 1 aliphatic heterocycles. The summed E-state index contributed by atoms with van der Waals surface area (Å²) in [5.41, 5.74) is 2.96. The van der Waals surface area contributed by atoms with E-state index in [1.807, 2.05) is 42.5 Å². The molecule has 1 aromatic heterocycles. The Morgan fingerprint density at radius 1 is 0.857 bits per heavy atom. The molecular formula is C27H26N4O3S. The topological polar surface area (TPSA) is 82.6 Å². The van der Waals surface area contributed by atoms with Crippen molar-refractivity contribution in [3.8, 4) is 0 Å². The summed E-state index contributed by atoms with van der Waals surface area (Å²) in [6.07, 6.45) is 1.72. The van der Waals surface area contributed by atoms with Gasteiger partial charge in [0.2, 0.25) is 10.0 Å². The molecule has 0 spiro atoms. The first-order valence-corrected chi connectivity index (χ1v) is 13.0. The molecule has 1 aliphatic rings. The van der Waals surface area contributed by atoms with Crippen LogP contribution >= 0.6 is 0 Å². The third kappa shape index (κ3) is 5.24. The zero-order valence-electron chi connectivity index (χ0n) is 19.2. The van der Waals surface area contributed by atoms with E-state index in [0.717, 1.165) is 17.4 Å². The SMILES string of the molecule is O=C(Nc1ccc2ncccc2c1)c1cccc(S(=O)(=O)N2CCN(Cc3ccccc3)CC2)c1. The van der Waals surface area contributed by atoms with Gasteiger partial charge in [0.25, 0.3) is 5.91 Å². The molecule has 7 nitrogen and oxygen atoms in total. The predicted octanol–water partition coefficient (Wildman–Crippen LogP) is 3.99. The minimum Gasteiger partial charge on any atom is -0.322 e. The summed E-state index contributed by atoms with van der Waals surface area (Å²) in [6, 6.07) is 25.6. The Balaban J connectivity index is 1.26. The molecule has 4 aromatic rings. The maximum atomic E-state index is 13.3. The Bertz CT molecular complexity index is 1450. The van der Waals surface area contributed by atoms with Gasteiger partial charge < -0.3 is 5.32 Å². The summed E-state index contributed by atoms with van der Waals surface area (Å²) in [6.45, 7) is 2.94. The fourth-order valence-corrected chi connectivity index (χ4v) is 5.74. The zero-order chi connectivity index (χ0) is 24.3. The Hall–Kier alpha value is -3.59. The smallest absolute Gasteiger partial charge is 0.255 e. The number of sulfonamides is 1. The van der Waals surface area contributed by atoms with Gasteiger partial charge in [0.15, 0.2) is 0 Å². The van der Waals surface area contributed by atoms with E-state index < -0.39 is 10.0 Å². The predicted molar refractivity (Wildman–Crippen MR) is 137 cm³/mol. The van der Waals surface area contributed by atoms with Gasteiger partial charge in [0.05, 0.1) is 10.4 Å². The molecule has 3 aromatic carbocycles. The lowest BCUT2D eigenvalue weighted by Gasteiger charge is -2.34. The molecule has 35 heavy (non-hydrogen) atoms. The van der Waals surface area contributed by atoms with Gasteiger partial charge >= 0.3 is 0 Å².